The molecule has 0 heterocycles. The Hall–Kier alpha value is -1.71. The van der Waals surface area contributed by atoms with Crippen LogP contribution in [-0.2, 0) is 10.2 Å². The van der Waals surface area contributed by atoms with E-state index in [0.717, 1.165) is 24.8 Å². The van der Waals surface area contributed by atoms with Crippen molar-refractivity contribution in [3.05, 3.63) is 23.3 Å². The molecule has 0 saturated heterocycles. The summed E-state index contributed by atoms with van der Waals surface area (Å²) >= 11 is 0. The van der Waals surface area contributed by atoms with Gasteiger partial charge >= 0.3 is 5.97 Å². The van der Waals surface area contributed by atoms with E-state index in [9.17, 15) is 15.0 Å². The molecule has 104 valence electrons. The van der Waals surface area contributed by atoms with Crippen molar-refractivity contribution in [1.29, 1.82) is 0 Å². The Balaban J connectivity index is 2.56. The van der Waals surface area contributed by atoms with E-state index in [1.807, 2.05) is 6.92 Å². The van der Waals surface area contributed by atoms with Crippen LogP contribution in [0.2, 0.25) is 0 Å². The zero-order valence-electron chi connectivity index (χ0n) is 11.4. The first kappa shape index (κ1) is 13.7. The van der Waals surface area contributed by atoms with Gasteiger partial charge in [0.25, 0.3) is 0 Å². The van der Waals surface area contributed by atoms with Gasteiger partial charge in [-0.3, -0.25) is 4.79 Å². The fourth-order valence-electron chi connectivity index (χ4n) is 3.03. The maximum absolute atomic E-state index is 11.8. The lowest BCUT2D eigenvalue weighted by Crippen LogP contribution is -2.37. The lowest BCUT2D eigenvalue weighted by molar-refractivity contribution is -0.145. The van der Waals surface area contributed by atoms with Gasteiger partial charge in [0.15, 0.2) is 0 Å². The van der Waals surface area contributed by atoms with Gasteiger partial charge in [0.2, 0.25) is 0 Å². The quantitative estimate of drug-likeness (QED) is 0.880. The summed E-state index contributed by atoms with van der Waals surface area (Å²) in [6.45, 7) is 1.83. The number of ether oxygens (including phenoxy) is 1. The number of hydrogen-bond acceptors (Lipinski definition) is 3. The lowest BCUT2D eigenvalue weighted by atomic mass is 9.69. The van der Waals surface area contributed by atoms with Gasteiger partial charge < -0.3 is 14.9 Å². The number of methoxy groups -OCH3 is 1. The average molecular weight is 264 g/mol. The van der Waals surface area contributed by atoms with Crippen LogP contribution in [0.25, 0.3) is 0 Å². The number of carbonyl (C=O) groups is 1. The zero-order valence-corrected chi connectivity index (χ0v) is 11.4. The molecule has 4 heteroatoms. The van der Waals surface area contributed by atoms with Crippen molar-refractivity contribution in [2.24, 2.45) is 0 Å². The number of carboxylic acid groups (broad SMARTS) is 1. The molecule has 1 aliphatic carbocycles. The van der Waals surface area contributed by atoms with Gasteiger partial charge in [-0.2, -0.15) is 0 Å². The Morgan fingerprint density at radius 2 is 1.89 bits per heavy atom. The molecule has 0 spiro atoms. The predicted octanol–water partition coefficient (Wildman–Crippen LogP) is 3.00. The molecule has 4 nitrogen and oxygen atoms in total. The fraction of sp³-hybridized carbons (Fsp3) is 0.533. The van der Waals surface area contributed by atoms with Crippen LogP contribution < -0.4 is 4.74 Å². The molecule has 2 rings (SSSR count). The Morgan fingerprint density at radius 3 is 2.42 bits per heavy atom. The van der Waals surface area contributed by atoms with Gasteiger partial charge in [0, 0.05) is 5.56 Å². The van der Waals surface area contributed by atoms with Gasteiger partial charge in [-0.25, -0.2) is 0 Å². The van der Waals surface area contributed by atoms with Gasteiger partial charge in [-0.15, -0.1) is 0 Å². The highest BCUT2D eigenvalue weighted by Crippen LogP contribution is 2.45. The maximum Gasteiger partial charge on any atom is 0.314 e. The molecule has 0 atom stereocenters. The summed E-state index contributed by atoms with van der Waals surface area (Å²) in [5.41, 5.74) is 0.325. The molecule has 1 saturated carbocycles. The predicted molar refractivity (Wildman–Crippen MR) is 71.8 cm³/mol. The number of hydrogen-bond donors (Lipinski definition) is 2. The second kappa shape index (κ2) is 5.11. The first-order valence-corrected chi connectivity index (χ1v) is 6.63. The van der Waals surface area contributed by atoms with Crippen molar-refractivity contribution in [3.8, 4) is 11.5 Å². The number of benzene rings is 1. The Labute approximate surface area is 113 Å². The molecule has 1 aliphatic rings. The summed E-state index contributed by atoms with van der Waals surface area (Å²) < 4.78 is 5.25. The van der Waals surface area contributed by atoms with E-state index < -0.39 is 11.4 Å². The number of carboxylic acids is 1. The number of rotatable bonds is 3. The van der Waals surface area contributed by atoms with Crippen molar-refractivity contribution in [1.82, 2.24) is 0 Å². The molecule has 19 heavy (non-hydrogen) atoms. The van der Waals surface area contributed by atoms with Gasteiger partial charge in [-0.1, -0.05) is 19.3 Å². The number of phenolic OH excluding ortho intramolecular Hbond substituents is 1. The zero-order chi connectivity index (χ0) is 14.0. The van der Waals surface area contributed by atoms with Crippen LogP contribution in [-0.4, -0.2) is 23.3 Å². The largest absolute Gasteiger partial charge is 0.508 e. The SMILES string of the molecule is COc1cc(C2(C(=O)O)CCCCC2)c(O)cc1C. The topological polar surface area (TPSA) is 66.8 Å². The minimum absolute atomic E-state index is 0.0580. The second-order valence-electron chi connectivity index (χ2n) is 5.29. The van der Waals surface area contributed by atoms with E-state index >= 15 is 0 Å². The molecule has 1 aromatic rings. The third-order valence-corrected chi connectivity index (χ3v) is 4.15. The Kier molecular flexibility index (Phi) is 3.69. The van der Waals surface area contributed by atoms with Crippen molar-refractivity contribution in [2.45, 2.75) is 44.4 Å². The Morgan fingerprint density at radius 1 is 1.26 bits per heavy atom. The van der Waals surface area contributed by atoms with E-state index in [1.165, 1.54) is 0 Å². The molecule has 1 aromatic carbocycles. The molecular weight excluding hydrogens is 244 g/mol. The molecule has 0 aromatic heterocycles. The molecule has 0 unspecified atom stereocenters. The monoisotopic (exact) mass is 264 g/mol. The van der Waals surface area contributed by atoms with Crippen LogP contribution in [0.4, 0.5) is 0 Å². The Bertz CT molecular complexity index is 487. The van der Waals surface area contributed by atoms with Gasteiger partial charge in [-0.05, 0) is 37.5 Å². The molecule has 0 bridgehead atoms. The summed E-state index contributed by atoms with van der Waals surface area (Å²) in [6, 6.07) is 3.28. The average Bonchev–Trinajstić information content (AvgIpc) is 2.39. The van der Waals surface area contributed by atoms with Gasteiger partial charge in [0.05, 0.1) is 12.5 Å². The second-order valence-corrected chi connectivity index (χ2v) is 5.29. The first-order valence-electron chi connectivity index (χ1n) is 6.63. The standard InChI is InChI=1S/C15H20O4/c1-10-8-12(16)11(9-13(10)19-2)15(14(17)18)6-4-3-5-7-15/h8-9,16H,3-7H2,1-2H3,(H,17,18). The van der Waals surface area contributed by atoms with Crippen molar-refractivity contribution in [2.75, 3.05) is 7.11 Å². The van der Waals surface area contributed by atoms with E-state index in [4.69, 9.17) is 4.74 Å². The van der Waals surface area contributed by atoms with Gasteiger partial charge in [0.1, 0.15) is 11.5 Å². The fourth-order valence-corrected chi connectivity index (χ4v) is 3.03. The maximum atomic E-state index is 11.8. The first-order chi connectivity index (χ1) is 9.01. The number of aliphatic carboxylic acids is 1. The third kappa shape index (κ3) is 2.27. The molecular formula is C15H20O4. The highest BCUT2D eigenvalue weighted by atomic mass is 16.5. The van der Waals surface area contributed by atoms with Crippen LogP contribution in [0.15, 0.2) is 12.1 Å². The van der Waals surface area contributed by atoms with Crippen LogP contribution in [0, 0.1) is 6.92 Å². The van der Waals surface area contributed by atoms with Crippen molar-refractivity contribution >= 4 is 5.97 Å². The van der Waals surface area contributed by atoms with E-state index in [1.54, 1.807) is 19.2 Å². The molecule has 2 N–H and O–H groups in total. The van der Waals surface area contributed by atoms with Crippen LogP contribution in [0.3, 0.4) is 0 Å². The smallest absolute Gasteiger partial charge is 0.314 e. The van der Waals surface area contributed by atoms with E-state index in [0.29, 0.717) is 24.2 Å². The van der Waals surface area contributed by atoms with Crippen LogP contribution in [0.1, 0.15) is 43.2 Å². The van der Waals surface area contributed by atoms with Crippen LogP contribution in [0.5, 0.6) is 11.5 Å². The number of phenols is 1. The van der Waals surface area contributed by atoms with Crippen molar-refractivity contribution in [3.63, 3.8) is 0 Å². The summed E-state index contributed by atoms with van der Waals surface area (Å²) in [7, 11) is 1.55. The van der Waals surface area contributed by atoms with Crippen molar-refractivity contribution < 1.29 is 19.7 Å². The number of aromatic hydroxyl groups is 1. The minimum atomic E-state index is -0.969. The highest BCUT2D eigenvalue weighted by Gasteiger charge is 2.43. The molecule has 0 amide bonds. The summed E-state index contributed by atoms with van der Waals surface area (Å²) in [6.07, 6.45) is 3.95. The summed E-state index contributed by atoms with van der Waals surface area (Å²) in [4.78, 5) is 11.8. The van der Waals surface area contributed by atoms with E-state index in [-0.39, 0.29) is 5.75 Å². The normalized spacial score (nSPS) is 18.0. The molecule has 0 aliphatic heterocycles. The number of aryl methyl sites for hydroxylation is 1. The highest BCUT2D eigenvalue weighted by molar-refractivity contribution is 5.83. The summed E-state index contributed by atoms with van der Waals surface area (Å²) in [5, 5.41) is 19.8. The third-order valence-electron chi connectivity index (χ3n) is 4.15. The lowest BCUT2D eigenvalue weighted by Gasteiger charge is -2.34. The van der Waals surface area contributed by atoms with Crippen LogP contribution >= 0.6 is 0 Å². The van der Waals surface area contributed by atoms with E-state index in [2.05, 4.69) is 0 Å². The summed E-state index contributed by atoms with van der Waals surface area (Å²) in [5.74, 6) is -0.171. The molecule has 0 radical (unpaired) electrons. The minimum Gasteiger partial charge on any atom is -0.508 e. The molecule has 1 fully saturated rings.